The highest BCUT2D eigenvalue weighted by atomic mass is 32.2. The summed E-state index contributed by atoms with van der Waals surface area (Å²) in [4.78, 5) is 16.7. The maximum Gasteiger partial charge on any atom is 0.141 e. The van der Waals surface area contributed by atoms with E-state index in [9.17, 15) is 4.21 Å². The maximum absolute atomic E-state index is 13.0. The van der Waals surface area contributed by atoms with Crippen molar-refractivity contribution in [3.8, 4) is 21.8 Å². The molecule has 1 unspecified atom stereocenters. The molecule has 0 bridgehead atoms. The molecule has 0 fully saturated rings. The van der Waals surface area contributed by atoms with Crippen LogP contribution in [0.3, 0.4) is 0 Å². The van der Waals surface area contributed by atoms with Gasteiger partial charge < -0.3 is 16.4 Å². The fourth-order valence-corrected chi connectivity index (χ4v) is 7.03. The third-order valence-electron chi connectivity index (χ3n) is 5.51. The molecule has 35 heavy (non-hydrogen) atoms. The van der Waals surface area contributed by atoms with Gasteiger partial charge in [-0.05, 0) is 43.8 Å². The van der Waals surface area contributed by atoms with E-state index in [1.807, 2.05) is 49.8 Å². The van der Waals surface area contributed by atoms with Crippen LogP contribution in [-0.2, 0) is 10.8 Å². The molecule has 0 saturated carbocycles. The molecule has 4 aromatic rings. The van der Waals surface area contributed by atoms with Crippen molar-refractivity contribution in [1.82, 2.24) is 14.9 Å². The number of amidine groups is 1. The van der Waals surface area contributed by atoms with Gasteiger partial charge in [0.2, 0.25) is 0 Å². The zero-order valence-electron chi connectivity index (χ0n) is 20.2. The van der Waals surface area contributed by atoms with E-state index in [1.165, 1.54) is 22.7 Å². The summed E-state index contributed by atoms with van der Waals surface area (Å²) in [6, 6.07) is 10.0. The smallest absolute Gasteiger partial charge is 0.141 e. The molecule has 3 aromatic heterocycles. The molecule has 0 spiro atoms. The number of aromatic nitrogens is 2. The Morgan fingerprint density at radius 1 is 1.26 bits per heavy atom. The number of benzene rings is 1. The van der Waals surface area contributed by atoms with Crippen LogP contribution in [0.2, 0.25) is 0 Å². The molecule has 3 heterocycles. The first kappa shape index (κ1) is 25.4. The molecule has 4 rings (SSSR count). The van der Waals surface area contributed by atoms with E-state index >= 15 is 0 Å². The highest BCUT2D eigenvalue weighted by molar-refractivity contribution is 7.87. The van der Waals surface area contributed by atoms with E-state index < -0.39 is 10.8 Å². The molecule has 4 N–H and O–H groups in total. The molecule has 0 aliphatic carbocycles. The van der Waals surface area contributed by atoms with Crippen molar-refractivity contribution in [2.75, 3.05) is 38.7 Å². The van der Waals surface area contributed by atoms with Crippen LogP contribution in [0.1, 0.15) is 25.3 Å². The van der Waals surface area contributed by atoms with Crippen molar-refractivity contribution in [3.05, 3.63) is 47.5 Å². The van der Waals surface area contributed by atoms with Crippen LogP contribution in [0.5, 0.6) is 0 Å². The average molecular weight is 527 g/mol. The predicted molar refractivity (Wildman–Crippen MR) is 151 cm³/mol. The average Bonchev–Trinajstić information content (AvgIpc) is 3.50. The van der Waals surface area contributed by atoms with Gasteiger partial charge in [-0.1, -0.05) is 31.5 Å². The van der Waals surface area contributed by atoms with Gasteiger partial charge in [0, 0.05) is 34.8 Å². The lowest BCUT2D eigenvalue weighted by Crippen LogP contribution is -2.19. The molecular formula is C25H30N6OS3. The van der Waals surface area contributed by atoms with Gasteiger partial charge in [-0.2, -0.15) is 0 Å². The molecular weight excluding hydrogens is 497 g/mol. The topological polar surface area (TPSA) is 110 Å². The number of nitrogens with zero attached hydrogens (tertiary/aromatic N) is 4. The Kier molecular flexibility index (Phi) is 8.27. The molecule has 0 radical (unpaired) electrons. The molecule has 184 valence electrons. The van der Waals surface area contributed by atoms with Gasteiger partial charge in [0.15, 0.2) is 0 Å². The number of nitrogens with two attached hydrogens (primary N) is 2. The highest BCUT2D eigenvalue weighted by Gasteiger charge is 2.21. The predicted octanol–water partition coefficient (Wildman–Crippen LogP) is 4.84. The van der Waals surface area contributed by atoms with E-state index in [0.29, 0.717) is 28.0 Å². The lowest BCUT2D eigenvalue weighted by atomic mass is 9.99. The lowest BCUT2D eigenvalue weighted by molar-refractivity contribution is 0.420. The largest absolute Gasteiger partial charge is 0.396 e. The van der Waals surface area contributed by atoms with E-state index in [0.717, 1.165) is 57.0 Å². The van der Waals surface area contributed by atoms with E-state index in [1.54, 1.807) is 6.20 Å². The Morgan fingerprint density at radius 3 is 2.80 bits per heavy atom. The van der Waals surface area contributed by atoms with Crippen molar-refractivity contribution < 1.29 is 4.21 Å². The van der Waals surface area contributed by atoms with Gasteiger partial charge in [-0.15, -0.1) is 22.7 Å². The minimum absolute atomic E-state index is 0.499. The number of pyridine rings is 1. The summed E-state index contributed by atoms with van der Waals surface area (Å²) in [6.07, 6.45) is 3.64. The van der Waals surface area contributed by atoms with Crippen LogP contribution in [0.15, 0.2) is 51.1 Å². The van der Waals surface area contributed by atoms with Gasteiger partial charge in [0.05, 0.1) is 23.0 Å². The number of thiophene rings is 1. The second kappa shape index (κ2) is 11.4. The summed E-state index contributed by atoms with van der Waals surface area (Å²) in [6.45, 7) is 3.54. The standard InChI is InChI=1S/C25H30N6OS3/c1-4-5-13-35(32)25-21(26)20-18(15-19(30-24(20)34-25)23-29-10-12-33-23)16-7-6-8-17(14-16)22(27)28-9-11-31(2)3/h6-8,10,12,14-15H,4-5,9,11,13,26H2,1-3H3,(H2,27,28). The summed E-state index contributed by atoms with van der Waals surface area (Å²) in [5.74, 6) is 1.09. The Morgan fingerprint density at radius 2 is 2.09 bits per heavy atom. The first-order valence-electron chi connectivity index (χ1n) is 11.5. The monoisotopic (exact) mass is 526 g/mol. The van der Waals surface area contributed by atoms with Gasteiger partial charge in [0.25, 0.3) is 0 Å². The van der Waals surface area contributed by atoms with Crippen LogP contribution in [-0.4, -0.2) is 57.9 Å². The van der Waals surface area contributed by atoms with Crippen molar-refractivity contribution >= 4 is 55.2 Å². The van der Waals surface area contributed by atoms with E-state index in [4.69, 9.17) is 16.5 Å². The normalized spacial score (nSPS) is 13.1. The Hall–Kier alpha value is -2.66. The van der Waals surface area contributed by atoms with Crippen molar-refractivity contribution in [3.63, 3.8) is 0 Å². The van der Waals surface area contributed by atoms with Gasteiger partial charge in [0.1, 0.15) is 25.6 Å². The number of fused-ring (bicyclic) bond motifs is 1. The number of hydrogen-bond donors (Lipinski definition) is 2. The number of hydrogen-bond acceptors (Lipinski definition) is 8. The van der Waals surface area contributed by atoms with Crippen LogP contribution in [0.4, 0.5) is 5.69 Å². The Bertz CT molecular complexity index is 1360. The third-order valence-corrected chi connectivity index (χ3v) is 9.30. The number of nitrogen functional groups attached to an aromatic ring is 1. The molecule has 0 aliphatic rings. The summed E-state index contributed by atoms with van der Waals surface area (Å²) < 4.78 is 13.7. The van der Waals surface area contributed by atoms with Crippen molar-refractivity contribution in [2.45, 2.75) is 24.0 Å². The quantitative estimate of drug-likeness (QED) is 0.226. The summed E-state index contributed by atoms with van der Waals surface area (Å²) >= 11 is 2.95. The zero-order valence-corrected chi connectivity index (χ0v) is 22.6. The third kappa shape index (κ3) is 5.78. The molecule has 0 saturated heterocycles. The van der Waals surface area contributed by atoms with E-state index in [2.05, 4.69) is 21.8 Å². The highest BCUT2D eigenvalue weighted by Crippen LogP contribution is 2.43. The second-order valence-corrected chi connectivity index (χ2v) is 12.1. The molecule has 7 nitrogen and oxygen atoms in total. The molecule has 0 aliphatic heterocycles. The van der Waals surface area contributed by atoms with Gasteiger partial charge in [-0.25, -0.2) is 9.97 Å². The Labute approximate surface area is 216 Å². The first-order valence-corrected chi connectivity index (χ1v) is 14.5. The lowest BCUT2D eigenvalue weighted by Gasteiger charge is -2.10. The fraction of sp³-hybridized carbons (Fsp3) is 0.320. The number of likely N-dealkylation sites (N-methyl/N-ethyl adjacent to an activating group) is 1. The van der Waals surface area contributed by atoms with E-state index in [-0.39, 0.29) is 0 Å². The van der Waals surface area contributed by atoms with Gasteiger partial charge in [-0.3, -0.25) is 9.20 Å². The SMILES string of the molecule is CCCCS(=O)c1sc2nc(-c3nccs3)cc(-c3cccc(C(N)=NCCN(C)C)c3)c2c1N. The molecule has 1 atom stereocenters. The number of anilines is 1. The molecule has 1 aromatic carbocycles. The van der Waals surface area contributed by atoms with Crippen molar-refractivity contribution in [2.24, 2.45) is 10.7 Å². The number of rotatable bonds is 10. The molecule has 0 amide bonds. The molecule has 10 heteroatoms. The summed E-state index contributed by atoms with van der Waals surface area (Å²) in [5.41, 5.74) is 17.0. The fourth-order valence-electron chi connectivity index (χ4n) is 3.63. The summed E-state index contributed by atoms with van der Waals surface area (Å²) in [7, 11) is 2.86. The van der Waals surface area contributed by atoms with Crippen LogP contribution < -0.4 is 11.5 Å². The van der Waals surface area contributed by atoms with Gasteiger partial charge >= 0.3 is 0 Å². The zero-order chi connectivity index (χ0) is 24.9. The van der Waals surface area contributed by atoms with Crippen molar-refractivity contribution in [1.29, 1.82) is 0 Å². The Balaban J connectivity index is 1.84. The van der Waals surface area contributed by atoms with Crippen LogP contribution in [0, 0.1) is 0 Å². The van der Waals surface area contributed by atoms with Crippen LogP contribution in [0.25, 0.3) is 32.0 Å². The number of aliphatic imine (C=N–C) groups is 1. The minimum Gasteiger partial charge on any atom is -0.396 e. The number of unbranched alkanes of at least 4 members (excludes halogenated alkanes) is 1. The second-order valence-electron chi connectivity index (χ2n) is 8.43. The van der Waals surface area contributed by atoms with Crippen LogP contribution >= 0.6 is 22.7 Å². The minimum atomic E-state index is -1.16. The first-order chi connectivity index (χ1) is 16.9. The maximum atomic E-state index is 13.0. The number of thiazole rings is 1. The summed E-state index contributed by atoms with van der Waals surface area (Å²) in [5, 5.41) is 3.59.